The Morgan fingerprint density at radius 1 is 1.67 bits per heavy atom. The van der Waals surface area contributed by atoms with Crippen LogP contribution in [0.4, 0.5) is 0 Å². The fourth-order valence-corrected chi connectivity index (χ4v) is 1.62. The first-order valence-corrected chi connectivity index (χ1v) is 4.60. The van der Waals surface area contributed by atoms with Gasteiger partial charge in [-0.1, -0.05) is 11.6 Å². The number of rotatable bonds is 1. The van der Waals surface area contributed by atoms with E-state index in [-0.39, 0.29) is 0 Å². The van der Waals surface area contributed by atoms with Crippen LogP contribution in [-0.2, 0) is 0 Å². The summed E-state index contributed by atoms with van der Waals surface area (Å²) in [4.78, 5) is 3.81. The molecule has 0 bridgehead atoms. The molecule has 12 heavy (non-hydrogen) atoms. The average Bonchev–Trinajstić information content (AvgIpc) is 2.08. The summed E-state index contributed by atoms with van der Waals surface area (Å²) in [5.74, 6) is 0. The highest BCUT2D eigenvalue weighted by atomic mass is 79.9. The van der Waals surface area contributed by atoms with Crippen LogP contribution in [0.25, 0.3) is 0 Å². The zero-order valence-electron chi connectivity index (χ0n) is 5.76. The van der Waals surface area contributed by atoms with Crippen LogP contribution >= 0.6 is 39.1 Å². The second-order valence-electron chi connectivity index (χ2n) is 2.02. The molecule has 0 spiro atoms. The van der Waals surface area contributed by atoms with Crippen molar-refractivity contribution in [2.45, 2.75) is 5.38 Å². The number of hydrogen-bond acceptors (Lipinski definition) is 2. The van der Waals surface area contributed by atoms with Gasteiger partial charge >= 0.3 is 0 Å². The monoisotopic (exact) mass is 264 g/mol. The molecule has 0 radical (unpaired) electrons. The largest absolute Gasteiger partial charge is 0.243 e. The second kappa shape index (κ2) is 4.08. The lowest BCUT2D eigenvalue weighted by atomic mass is 10.2. The minimum atomic E-state index is -0.695. The van der Waals surface area contributed by atoms with Crippen LogP contribution in [0.5, 0.6) is 0 Å². The van der Waals surface area contributed by atoms with Crippen LogP contribution in [0.1, 0.15) is 10.9 Å². The molecule has 0 fully saturated rings. The van der Waals surface area contributed by atoms with Gasteiger partial charge in [-0.25, -0.2) is 4.98 Å². The van der Waals surface area contributed by atoms with Crippen LogP contribution in [0.15, 0.2) is 16.7 Å². The number of aromatic nitrogens is 1. The van der Waals surface area contributed by atoms with Crippen molar-refractivity contribution in [3.05, 3.63) is 27.5 Å². The van der Waals surface area contributed by atoms with Gasteiger partial charge in [-0.15, -0.1) is 11.6 Å². The second-order valence-corrected chi connectivity index (χ2v) is 3.70. The lowest BCUT2D eigenvalue weighted by molar-refractivity contribution is 1.16. The fraction of sp³-hybridized carbons (Fsp3) is 0.143. The molecule has 1 unspecified atom stereocenters. The van der Waals surface area contributed by atoms with Crippen LogP contribution in [0.3, 0.4) is 0 Å². The van der Waals surface area contributed by atoms with Gasteiger partial charge in [0.25, 0.3) is 0 Å². The standard InChI is InChI=1S/C7H3BrCl2N2/c8-5-3-12-7(10)1-4(5)6(9)2-11/h1,3,6H. The molecule has 0 aliphatic rings. The van der Waals surface area contributed by atoms with Crippen molar-refractivity contribution in [2.24, 2.45) is 0 Å². The number of nitrogens with zero attached hydrogens (tertiary/aromatic N) is 2. The van der Waals surface area contributed by atoms with Crippen molar-refractivity contribution in [1.29, 1.82) is 5.26 Å². The smallest absolute Gasteiger partial charge is 0.146 e. The van der Waals surface area contributed by atoms with E-state index < -0.39 is 5.38 Å². The zero-order chi connectivity index (χ0) is 9.14. The SMILES string of the molecule is N#CC(Cl)c1cc(Cl)ncc1Br. The first-order valence-electron chi connectivity index (χ1n) is 2.99. The summed E-state index contributed by atoms with van der Waals surface area (Å²) in [6.07, 6.45) is 1.52. The molecule has 5 heteroatoms. The summed E-state index contributed by atoms with van der Waals surface area (Å²) in [5.41, 5.74) is 0.638. The summed E-state index contributed by atoms with van der Waals surface area (Å²) in [6, 6.07) is 3.46. The minimum absolute atomic E-state index is 0.328. The van der Waals surface area contributed by atoms with Gasteiger partial charge < -0.3 is 0 Å². The van der Waals surface area contributed by atoms with Gasteiger partial charge in [-0.3, -0.25) is 0 Å². The van der Waals surface area contributed by atoms with Crippen molar-refractivity contribution in [2.75, 3.05) is 0 Å². The maximum absolute atomic E-state index is 8.54. The third-order valence-electron chi connectivity index (χ3n) is 1.24. The lowest BCUT2D eigenvalue weighted by Crippen LogP contribution is -1.89. The Hall–Kier alpha value is -0.300. The van der Waals surface area contributed by atoms with E-state index in [1.54, 1.807) is 6.07 Å². The van der Waals surface area contributed by atoms with Crippen molar-refractivity contribution in [3.8, 4) is 6.07 Å². The highest BCUT2D eigenvalue weighted by Gasteiger charge is 2.10. The molecular formula is C7H3BrCl2N2. The Morgan fingerprint density at radius 3 is 2.92 bits per heavy atom. The van der Waals surface area contributed by atoms with Crippen molar-refractivity contribution in [1.82, 2.24) is 4.98 Å². The van der Waals surface area contributed by atoms with Gasteiger partial charge in [0.15, 0.2) is 0 Å². The Morgan fingerprint density at radius 2 is 2.33 bits per heavy atom. The van der Waals surface area contributed by atoms with Gasteiger partial charge in [0, 0.05) is 16.2 Å². The van der Waals surface area contributed by atoms with Crippen molar-refractivity contribution >= 4 is 39.1 Å². The first-order chi connectivity index (χ1) is 5.65. The molecule has 1 atom stereocenters. The third-order valence-corrected chi connectivity index (χ3v) is 2.44. The maximum atomic E-state index is 8.54. The van der Waals surface area contributed by atoms with E-state index in [1.807, 2.05) is 6.07 Å². The number of nitriles is 1. The predicted molar refractivity (Wildman–Crippen MR) is 51.2 cm³/mol. The number of pyridine rings is 1. The lowest BCUT2D eigenvalue weighted by Gasteiger charge is -2.03. The molecule has 0 saturated carbocycles. The minimum Gasteiger partial charge on any atom is -0.243 e. The summed E-state index contributed by atoms with van der Waals surface area (Å²) in [7, 11) is 0. The number of hydrogen-bond donors (Lipinski definition) is 0. The molecule has 0 aliphatic carbocycles. The van der Waals surface area contributed by atoms with E-state index in [0.29, 0.717) is 15.2 Å². The summed E-state index contributed by atoms with van der Waals surface area (Å²) in [5, 5.41) is 8.17. The summed E-state index contributed by atoms with van der Waals surface area (Å²) >= 11 is 14.5. The molecule has 0 amide bonds. The van der Waals surface area contributed by atoms with E-state index in [9.17, 15) is 0 Å². The molecule has 0 aliphatic heterocycles. The van der Waals surface area contributed by atoms with Gasteiger partial charge in [0.2, 0.25) is 0 Å². The zero-order valence-corrected chi connectivity index (χ0v) is 8.86. The first kappa shape index (κ1) is 9.79. The molecule has 62 valence electrons. The molecular weight excluding hydrogens is 263 g/mol. The molecule has 1 aromatic rings. The van der Waals surface area contributed by atoms with Gasteiger partial charge in [0.1, 0.15) is 10.5 Å². The normalized spacial score (nSPS) is 12.2. The molecule has 0 N–H and O–H groups in total. The van der Waals surface area contributed by atoms with E-state index in [1.165, 1.54) is 6.20 Å². The van der Waals surface area contributed by atoms with E-state index in [2.05, 4.69) is 20.9 Å². The van der Waals surface area contributed by atoms with E-state index in [0.717, 1.165) is 0 Å². The van der Waals surface area contributed by atoms with Gasteiger partial charge in [0.05, 0.1) is 6.07 Å². The number of alkyl halides is 1. The van der Waals surface area contributed by atoms with Gasteiger partial charge in [-0.05, 0) is 22.0 Å². The van der Waals surface area contributed by atoms with Crippen LogP contribution in [0, 0.1) is 11.3 Å². The van der Waals surface area contributed by atoms with Crippen molar-refractivity contribution in [3.63, 3.8) is 0 Å². The molecule has 1 aromatic heterocycles. The highest BCUT2D eigenvalue weighted by Crippen LogP contribution is 2.28. The van der Waals surface area contributed by atoms with Crippen LogP contribution < -0.4 is 0 Å². The third kappa shape index (κ3) is 2.10. The van der Waals surface area contributed by atoms with Gasteiger partial charge in [-0.2, -0.15) is 5.26 Å². The molecule has 1 rings (SSSR count). The Kier molecular flexibility index (Phi) is 3.33. The molecule has 0 saturated heterocycles. The Labute approximate surface area is 88.2 Å². The molecule has 0 aromatic carbocycles. The summed E-state index contributed by atoms with van der Waals surface area (Å²) < 4.78 is 0.688. The predicted octanol–water partition coefficient (Wildman–Crippen LogP) is 3.30. The Bertz CT molecular complexity index is 335. The van der Waals surface area contributed by atoms with E-state index in [4.69, 9.17) is 28.5 Å². The fourth-order valence-electron chi connectivity index (χ4n) is 0.691. The van der Waals surface area contributed by atoms with Crippen LogP contribution in [0.2, 0.25) is 5.15 Å². The van der Waals surface area contributed by atoms with E-state index >= 15 is 0 Å². The van der Waals surface area contributed by atoms with Crippen LogP contribution in [-0.4, -0.2) is 4.98 Å². The summed E-state index contributed by atoms with van der Waals surface area (Å²) in [6.45, 7) is 0. The Balaban J connectivity index is 3.15. The molecule has 1 heterocycles. The maximum Gasteiger partial charge on any atom is 0.146 e. The topological polar surface area (TPSA) is 36.7 Å². The van der Waals surface area contributed by atoms with Crippen molar-refractivity contribution < 1.29 is 0 Å². The molecule has 2 nitrogen and oxygen atoms in total. The highest BCUT2D eigenvalue weighted by molar-refractivity contribution is 9.10. The quantitative estimate of drug-likeness (QED) is 0.577. The number of halogens is 3. The average molecular weight is 266 g/mol.